The molecule has 0 bridgehead atoms. The van der Waals surface area contributed by atoms with Crippen LogP contribution in [0.5, 0.6) is 0 Å². The van der Waals surface area contributed by atoms with Crippen LogP contribution in [0, 0.1) is 0 Å². The van der Waals surface area contributed by atoms with Crippen LogP contribution < -0.4 is 5.32 Å². The molecule has 4 rings (SSSR count). The fraction of sp³-hybridized carbons (Fsp3) is 0.412. The number of aryl methyl sites for hydroxylation is 1. The van der Waals surface area contributed by atoms with Gasteiger partial charge in [0.05, 0.1) is 0 Å². The molecule has 39 heavy (non-hydrogen) atoms. The standard InChI is InChI=1S/C34H41ClN2O2/c1-25(2)28-20-17-26(18-21-28)19-22-33(38)37(24-29-13-9-10-16-31(29)35)32(23-27-11-5-3-6-12-27)34(39)36-30-14-7-4-8-15-30/h3,5-6,9-13,16-18,20-21,25,30,32H,4,7-8,14-15,19,22-24H2,1-2H3,(H,36,39)/t32-/m0/s1. The van der Waals surface area contributed by atoms with Gasteiger partial charge in [-0.3, -0.25) is 9.59 Å². The number of nitrogens with one attached hydrogen (secondary N) is 1. The third-order valence-corrected chi connectivity index (χ3v) is 8.16. The summed E-state index contributed by atoms with van der Waals surface area (Å²) in [7, 11) is 0. The highest BCUT2D eigenvalue weighted by Crippen LogP contribution is 2.23. The quantitative estimate of drug-likeness (QED) is 0.272. The van der Waals surface area contributed by atoms with Crippen LogP contribution in [-0.2, 0) is 29.0 Å². The minimum atomic E-state index is -0.624. The van der Waals surface area contributed by atoms with Crippen LogP contribution >= 0.6 is 11.6 Å². The smallest absolute Gasteiger partial charge is 0.243 e. The molecule has 5 heteroatoms. The van der Waals surface area contributed by atoms with Crippen molar-refractivity contribution in [2.45, 2.75) is 89.8 Å². The Bertz CT molecular complexity index is 1200. The van der Waals surface area contributed by atoms with E-state index in [0.717, 1.165) is 42.4 Å². The maximum absolute atomic E-state index is 13.9. The summed E-state index contributed by atoms with van der Waals surface area (Å²) in [5, 5.41) is 3.90. The predicted octanol–water partition coefficient (Wildman–Crippen LogP) is 7.49. The van der Waals surface area contributed by atoms with E-state index in [1.54, 1.807) is 4.90 Å². The summed E-state index contributed by atoms with van der Waals surface area (Å²) >= 11 is 6.55. The van der Waals surface area contributed by atoms with Crippen LogP contribution in [0.15, 0.2) is 78.9 Å². The van der Waals surface area contributed by atoms with Crippen LogP contribution in [0.1, 0.15) is 80.5 Å². The Morgan fingerprint density at radius 3 is 2.21 bits per heavy atom. The number of rotatable bonds is 11. The normalized spacial score (nSPS) is 14.7. The number of carbonyl (C=O) groups is 2. The zero-order valence-electron chi connectivity index (χ0n) is 23.2. The predicted molar refractivity (Wildman–Crippen MR) is 160 cm³/mol. The van der Waals surface area contributed by atoms with Gasteiger partial charge in [0.25, 0.3) is 0 Å². The Labute approximate surface area is 238 Å². The summed E-state index contributed by atoms with van der Waals surface area (Å²) in [5.74, 6) is 0.350. The number of halogens is 1. The Kier molecular flexibility index (Phi) is 10.6. The van der Waals surface area contributed by atoms with Crippen molar-refractivity contribution in [1.29, 1.82) is 0 Å². The van der Waals surface area contributed by atoms with Gasteiger partial charge in [0.2, 0.25) is 11.8 Å². The number of hydrogen-bond donors (Lipinski definition) is 1. The van der Waals surface area contributed by atoms with Gasteiger partial charge in [0.1, 0.15) is 6.04 Å². The summed E-state index contributed by atoms with van der Waals surface area (Å²) in [6, 6.07) is 25.6. The second-order valence-corrected chi connectivity index (χ2v) is 11.5. The van der Waals surface area contributed by atoms with Gasteiger partial charge in [-0.2, -0.15) is 0 Å². The molecule has 1 N–H and O–H groups in total. The van der Waals surface area contributed by atoms with Crippen molar-refractivity contribution in [3.63, 3.8) is 0 Å². The Morgan fingerprint density at radius 2 is 1.54 bits per heavy atom. The molecule has 1 saturated carbocycles. The van der Waals surface area contributed by atoms with Crippen molar-refractivity contribution < 1.29 is 9.59 Å². The minimum Gasteiger partial charge on any atom is -0.352 e. The molecule has 4 nitrogen and oxygen atoms in total. The topological polar surface area (TPSA) is 49.4 Å². The van der Waals surface area contributed by atoms with Gasteiger partial charge in [-0.15, -0.1) is 0 Å². The van der Waals surface area contributed by atoms with Crippen molar-refractivity contribution >= 4 is 23.4 Å². The lowest BCUT2D eigenvalue weighted by molar-refractivity contribution is -0.141. The van der Waals surface area contributed by atoms with E-state index in [2.05, 4.69) is 43.4 Å². The van der Waals surface area contributed by atoms with E-state index in [0.29, 0.717) is 36.7 Å². The maximum atomic E-state index is 13.9. The Hall–Kier alpha value is -3.11. The molecule has 0 radical (unpaired) electrons. The highest BCUT2D eigenvalue weighted by molar-refractivity contribution is 6.31. The first-order valence-electron chi connectivity index (χ1n) is 14.4. The first-order chi connectivity index (χ1) is 18.9. The third kappa shape index (κ3) is 8.44. The molecule has 206 valence electrons. The molecule has 0 unspecified atom stereocenters. The second-order valence-electron chi connectivity index (χ2n) is 11.1. The summed E-state index contributed by atoms with van der Waals surface area (Å²) in [5.41, 5.74) is 4.28. The average Bonchev–Trinajstić information content (AvgIpc) is 2.95. The van der Waals surface area contributed by atoms with E-state index in [4.69, 9.17) is 11.6 Å². The molecule has 3 aromatic carbocycles. The number of nitrogens with zero attached hydrogens (tertiary/aromatic N) is 1. The fourth-order valence-corrected chi connectivity index (χ4v) is 5.57. The Balaban J connectivity index is 1.59. The molecule has 0 spiro atoms. The summed E-state index contributed by atoms with van der Waals surface area (Å²) < 4.78 is 0. The van der Waals surface area contributed by atoms with Crippen molar-refractivity contribution in [3.05, 3.63) is 106 Å². The average molecular weight is 545 g/mol. The lowest BCUT2D eigenvalue weighted by Gasteiger charge is -2.33. The Morgan fingerprint density at radius 1 is 0.872 bits per heavy atom. The van der Waals surface area contributed by atoms with Crippen LogP contribution in [0.3, 0.4) is 0 Å². The van der Waals surface area contributed by atoms with Crippen molar-refractivity contribution in [1.82, 2.24) is 10.2 Å². The number of hydrogen-bond acceptors (Lipinski definition) is 2. The number of carbonyl (C=O) groups excluding carboxylic acids is 2. The highest BCUT2D eigenvalue weighted by atomic mass is 35.5. The maximum Gasteiger partial charge on any atom is 0.243 e. The van der Waals surface area contributed by atoms with Gasteiger partial charge in [0.15, 0.2) is 0 Å². The SMILES string of the molecule is CC(C)c1ccc(CCC(=O)N(Cc2ccccc2Cl)[C@@H](Cc2ccccc2)C(=O)NC2CCCCC2)cc1. The summed E-state index contributed by atoms with van der Waals surface area (Å²) in [6.45, 7) is 4.65. The molecular weight excluding hydrogens is 504 g/mol. The molecule has 0 saturated heterocycles. The van der Waals surface area contributed by atoms with Gasteiger partial charge < -0.3 is 10.2 Å². The number of amides is 2. The molecule has 1 aliphatic carbocycles. The van der Waals surface area contributed by atoms with Crippen LogP contribution in [0.2, 0.25) is 5.02 Å². The molecule has 1 fully saturated rings. The molecule has 1 atom stereocenters. The van der Waals surface area contributed by atoms with Gasteiger partial charge in [0, 0.05) is 30.5 Å². The van der Waals surface area contributed by atoms with E-state index in [1.807, 2.05) is 54.6 Å². The van der Waals surface area contributed by atoms with Crippen LogP contribution in [0.25, 0.3) is 0 Å². The zero-order chi connectivity index (χ0) is 27.6. The van der Waals surface area contributed by atoms with Gasteiger partial charge in [-0.1, -0.05) is 118 Å². The van der Waals surface area contributed by atoms with E-state index in [9.17, 15) is 9.59 Å². The largest absolute Gasteiger partial charge is 0.352 e. The molecule has 0 aromatic heterocycles. The lowest BCUT2D eigenvalue weighted by atomic mass is 9.94. The third-order valence-electron chi connectivity index (χ3n) is 7.80. The van der Waals surface area contributed by atoms with Crippen molar-refractivity contribution in [2.75, 3.05) is 0 Å². The van der Waals surface area contributed by atoms with Crippen LogP contribution in [-0.4, -0.2) is 28.8 Å². The molecule has 2 amide bonds. The molecule has 0 heterocycles. The summed E-state index contributed by atoms with van der Waals surface area (Å²) in [6.07, 6.45) is 6.88. The monoisotopic (exact) mass is 544 g/mol. The molecular formula is C34H41ClN2O2. The first kappa shape index (κ1) is 28.9. The molecule has 3 aromatic rings. The van der Waals surface area contributed by atoms with E-state index in [1.165, 1.54) is 12.0 Å². The van der Waals surface area contributed by atoms with E-state index < -0.39 is 6.04 Å². The molecule has 1 aliphatic rings. The van der Waals surface area contributed by atoms with Crippen LogP contribution in [0.4, 0.5) is 0 Å². The lowest BCUT2D eigenvalue weighted by Crippen LogP contribution is -2.53. The van der Waals surface area contributed by atoms with Crippen molar-refractivity contribution in [3.8, 4) is 0 Å². The number of benzene rings is 3. The highest BCUT2D eigenvalue weighted by Gasteiger charge is 2.32. The second kappa shape index (κ2) is 14.3. The minimum absolute atomic E-state index is 0.0393. The fourth-order valence-electron chi connectivity index (χ4n) is 5.37. The van der Waals surface area contributed by atoms with Gasteiger partial charge in [-0.25, -0.2) is 0 Å². The first-order valence-corrected chi connectivity index (χ1v) is 14.7. The van der Waals surface area contributed by atoms with Crippen molar-refractivity contribution in [2.24, 2.45) is 0 Å². The van der Waals surface area contributed by atoms with Gasteiger partial charge in [-0.05, 0) is 53.5 Å². The van der Waals surface area contributed by atoms with E-state index >= 15 is 0 Å². The summed E-state index contributed by atoms with van der Waals surface area (Å²) in [4.78, 5) is 29.6. The molecule has 0 aliphatic heterocycles. The van der Waals surface area contributed by atoms with E-state index in [-0.39, 0.29) is 17.9 Å². The zero-order valence-corrected chi connectivity index (χ0v) is 24.0. The van der Waals surface area contributed by atoms with Gasteiger partial charge >= 0.3 is 0 Å².